The largest absolute Gasteiger partial charge is 0.459 e. The summed E-state index contributed by atoms with van der Waals surface area (Å²) in [4.78, 5) is 35.1. The monoisotopic (exact) mass is 305 g/mol. The number of carbonyl (C=O) groups is 3. The van der Waals surface area contributed by atoms with Crippen molar-refractivity contribution in [3.8, 4) is 0 Å². The highest BCUT2D eigenvalue weighted by Crippen LogP contribution is 2.08. The van der Waals surface area contributed by atoms with Crippen LogP contribution in [-0.2, 0) is 19.1 Å². The van der Waals surface area contributed by atoms with Gasteiger partial charge in [-0.05, 0) is 13.8 Å². The van der Waals surface area contributed by atoms with Gasteiger partial charge in [-0.25, -0.2) is 9.59 Å². The van der Waals surface area contributed by atoms with E-state index >= 15 is 0 Å². The summed E-state index contributed by atoms with van der Waals surface area (Å²) in [5.41, 5.74) is 5.60. The first kappa shape index (κ1) is 17.6. The normalized spacial score (nSPS) is 11.6. The predicted octanol–water partition coefficient (Wildman–Crippen LogP) is 1.60. The molecule has 0 bridgehead atoms. The first-order valence-electron chi connectivity index (χ1n) is 6.76. The summed E-state index contributed by atoms with van der Waals surface area (Å²) in [5.74, 6) is -2.14. The molecule has 1 atom stereocenters. The second-order valence-electron chi connectivity index (χ2n) is 4.87. The van der Waals surface area contributed by atoms with Crippen molar-refractivity contribution < 1.29 is 23.9 Å². The minimum atomic E-state index is -1.16. The number of carbonyl (C=O) groups excluding carboxylic acids is 3. The maximum atomic E-state index is 11.9. The van der Waals surface area contributed by atoms with E-state index in [4.69, 9.17) is 15.2 Å². The third-order valence-corrected chi connectivity index (χ3v) is 2.58. The van der Waals surface area contributed by atoms with Crippen molar-refractivity contribution in [2.24, 2.45) is 5.73 Å². The van der Waals surface area contributed by atoms with E-state index in [1.807, 2.05) is 0 Å². The van der Waals surface area contributed by atoms with Gasteiger partial charge >= 0.3 is 11.9 Å². The average Bonchev–Trinajstić information content (AvgIpc) is 2.46. The summed E-state index contributed by atoms with van der Waals surface area (Å²) in [6.07, 6.45) is -1.74. The van der Waals surface area contributed by atoms with Gasteiger partial charge in [0.15, 0.2) is 12.0 Å². The smallest absolute Gasteiger partial charge is 0.346 e. The summed E-state index contributed by atoms with van der Waals surface area (Å²) >= 11 is 0. The molecule has 0 aliphatic carbocycles. The van der Waals surface area contributed by atoms with Gasteiger partial charge in [0.05, 0.1) is 12.5 Å². The van der Waals surface area contributed by atoms with Crippen LogP contribution >= 0.6 is 0 Å². The van der Waals surface area contributed by atoms with E-state index in [9.17, 15) is 14.4 Å². The number of rotatable bonds is 7. The molecule has 118 valence electrons. The second-order valence-corrected chi connectivity index (χ2v) is 4.87. The fraction of sp³-hybridized carbons (Fsp3) is 0.312. The number of Topliss-reactive ketones (excluding diaryl/α,β-unsaturated/α-hetero) is 1. The van der Waals surface area contributed by atoms with Crippen LogP contribution in [0.4, 0.5) is 0 Å². The van der Waals surface area contributed by atoms with Gasteiger partial charge in [-0.3, -0.25) is 10.5 Å². The van der Waals surface area contributed by atoms with Crippen LogP contribution in [-0.4, -0.2) is 30.1 Å². The first-order valence-corrected chi connectivity index (χ1v) is 6.76. The van der Waals surface area contributed by atoms with Gasteiger partial charge in [0, 0.05) is 5.56 Å². The maximum Gasteiger partial charge on any atom is 0.346 e. The number of nitrogens with two attached hydrogens (primary N) is 1. The van der Waals surface area contributed by atoms with Crippen molar-refractivity contribution in [2.45, 2.75) is 32.6 Å². The number of benzene rings is 1. The van der Waals surface area contributed by atoms with Crippen LogP contribution in [0.25, 0.3) is 0 Å². The molecule has 0 heterocycles. The van der Waals surface area contributed by atoms with Crippen LogP contribution in [0.2, 0.25) is 0 Å². The molecule has 6 nitrogen and oxygen atoms in total. The van der Waals surface area contributed by atoms with E-state index in [1.54, 1.807) is 44.2 Å². The Hall–Kier alpha value is -2.47. The Labute approximate surface area is 128 Å². The molecule has 22 heavy (non-hydrogen) atoms. The zero-order valence-electron chi connectivity index (χ0n) is 12.6. The number of esters is 2. The number of hydrogen-bond acceptors (Lipinski definition) is 6. The van der Waals surface area contributed by atoms with Crippen molar-refractivity contribution in [2.75, 3.05) is 0 Å². The SMILES string of the molecule is C=C(C(=O)OC(C)C)C(=O)OC(N)CC(=O)c1ccccc1. The standard InChI is InChI=1S/C16H19NO5/c1-10(2)21-15(19)11(3)16(20)22-14(17)9-13(18)12-7-5-4-6-8-12/h4-8,10,14H,3,9,17H2,1-2H3. The van der Waals surface area contributed by atoms with E-state index in [-0.39, 0.29) is 18.3 Å². The lowest BCUT2D eigenvalue weighted by Crippen LogP contribution is -2.32. The molecule has 0 spiro atoms. The van der Waals surface area contributed by atoms with Crippen LogP contribution in [0.5, 0.6) is 0 Å². The van der Waals surface area contributed by atoms with Crippen molar-refractivity contribution in [1.82, 2.24) is 0 Å². The van der Waals surface area contributed by atoms with Crippen molar-refractivity contribution in [3.63, 3.8) is 0 Å². The molecule has 0 aliphatic heterocycles. The third kappa shape index (κ3) is 5.49. The molecule has 6 heteroatoms. The molecule has 0 saturated heterocycles. The quantitative estimate of drug-likeness (QED) is 0.205. The third-order valence-electron chi connectivity index (χ3n) is 2.58. The Morgan fingerprint density at radius 2 is 1.64 bits per heavy atom. The minimum absolute atomic E-state index is 0.192. The molecule has 0 fully saturated rings. The highest BCUT2D eigenvalue weighted by Gasteiger charge is 2.23. The summed E-state index contributed by atoms with van der Waals surface area (Å²) in [6.45, 7) is 6.59. The molecule has 0 radical (unpaired) electrons. The maximum absolute atomic E-state index is 11.9. The van der Waals surface area contributed by atoms with E-state index in [2.05, 4.69) is 6.58 Å². The topological polar surface area (TPSA) is 95.7 Å². The van der Waals surface area contributed by atoms with Crippen LogP contribution < -0.4 is 5.73 Å². The second kappa shape index (κ2) is 8.09. The number of hydrogen-bond donors (Lipinski definition) is 1. The highest BCUT2D eigenvalue weighted by molar-refractivity contribution is 6.13. The van der Waals surface area contributed by atoms with Crippen molar-refractivity contribution >= 4 is 17.7 Å². The van der Waals surface area contributed by atoms with Gasteiger partial charge in [-0.15, -0.1) is 0 Å². The van der Waals surface area contributed by atoms with Crippen LogP contribution in [0, 0.1) is 0 Å². The fourth-order valence-corrected chi connectivity index (χ4v) is 1.54. The molecule has 0 amide bonds. The zero-order chi connectivity index (χ0) is 16.7. The van der Waals surface area contributed by atoms with Crippen LogP contribution in [0.3, 0.4) is 0 Å². The Morgan fingerprint density at radius 1 is 1.09 bits per heavy atom. The Morgan fingerprint density at radius 3 is 2.18 bits per heavy atom. The van der Waals surface area contributed by atoms with Gasteiger partial charge in [-0.1, -0.05) is 36.9 Å². The summed E-state index contributed by atoms with van der Waals surface area (Å²) < 4.78 is 9.64. The zero-order valence-corrected chi connectivity index (χ0v) is 12.6. The Bertz CT molecular complexity index is 565. The van der Waals surface area contributed by atoms with E-state index in [0.717, 1.165) is 0 Å². The molecule has 2 N–H and O–H groups in total. The van der Waals surface area contributed by atoms with Gasteiger partial charge in [0.2, 0.25) is 0 Å². The number of ketones is 1. The van der Waals surface area contributed by atoms with Crippen LogP contribution in [0.15, 0.2) is 42.5 Å². The molecule has 1 aromatic rings. The average molecular weight is 305 g/mol. The molecular formula is C16H19NO5. The fourth-order valence-electron chi connectivity index (χ4n) is 1.54. The van der Waals surface area contributed by atoms with Crippen molar-refractivity contribution in [1.29, 1.82) is 0 Å². The molecule has 1 rings (SSSR count). The lowest BCUT2D eigenvalue weighted by atomic mass is 10.1. The molecule has 0 aliphatic rings. The number of ether oxygens (including phenoxy) is 2. The molecule has 1 aromatic carbocycles. The van der Waals surface area contributed by atoms with Gasteiger partial charge in [0.25, 0.3) is 0 Å². The lowest BCUT2D eigenvalue weighted by molar-refractivity contribution is -0.151. The highest BCUT2D eigenvalue weighted by atomic mass is 16.6. The molecule has 0 saturated carbocycles. The lowest BCUT2D eigenvalue weighted by Gasteiger charge is -2.14. The van der Waals surface area contributed by atoms with Crippen molar-refractivity contribution in [3.05, 3.63) is 48.0 Å². The summed E-state index contributed by atoms with van der Waals surface area (Å²) in [5, 5.41) is 0. The summed E-state index contributed by atoms with van der Waals surface area (Å²) in [6, 6.07) is 8.48. The van der Waals surface area contributed by atoms with E-state index < -0.39 is 23.7 Å². The van der Waals surface area contributed by atoms with Gasteiger partial charge in [-0.2, -0.15) is 0 Å². The van der Waals surface area contributed by atoms with Crippen LogP contribution in [0.1, 0.15) is 30.6 Å². The minimum Gasteiger partial charge on any atom is -0.459 e. The molecule has 0 aromatic heterocycles. The van der Waals surface area contributed by atoms with E-state index in [1.165, 1.54) is 0 Å². The molecular weight excluding hydrogens is 286 g/mol. The van der Waals surface area contributed by atoms with E-state index in [0.29, 0.717) is 5.56 Å². The predicted molar refractivity (Wildman–Crippen MR) is 79.8 cm³/mol. The molecule has 1 unspecified atom stereocenters. The first-order chi connectivity index (χ1) is 10.3. The Kier molecular flexibility index (Phi) is 6.47. The van der Waals surface area contributed by atoms with Gasteiger partial charge < -0.3 is 9.47 Å². The summed E-state index contributed by atoms with van der Waals surface area (Å²) in [7, 11) is 0. The Balaban J connectivity index is 2.52. The van der Waals surface area contributed by atoms with Gasteiger partial charge in [0.1, 0.15) is 5.57 Å².